The molecule has 0 aliphatic carbocycles. The number of likely N-dealkylation sites (tertiary alicyclic amines) is 1. The van der Waals surface area contributed by atoms with E-state index in [9.17, 15) is 14.0 Å². The van der Waals surface area contributed by atoms with Gasteiger partial charge < -0.3 is 9.64 Å². The second-order valence-corrected chi connectivity index (χ2v) is 8.48. The molecule has 2 aliphatic rings. The molecule has 1 saturated heterocycles. The summed E-state index contributed by atoms with van der Waals surface area (Å²) in [5.74, 6) is 0.236. The number of piperidine rings is 1. The van der Waals surface area contributed by atoms with Gasteiger partial charge in [-0.05, 0) is 54.8 Å². The molecule has 6 heteroatoms. The third-order valence-corrected chi connectivity index (χ3v) is 6.59. The molecular formula is C24H23ClFNO3. The predicted molar refractivity (Wildman–Crippen MR) is 114 cm³/mol. The Balaban J connectivity index is 1.44. The van der Waals surface area contributed by atoms with Crippen molar-refractivity contribution in [2.75, 3.05) is 13.1 Å². The lowest BCUT2D eigenvalue weighted by Gasteiger charge is -2.44. The first-order valence-corrected chi connectivity index (χ1v) is 10.4. The predicted octanol–water partition coefficient (Wildman–Crippen LogP) is 5.14. The van der Waals surface area contributed by atoms with Gasteiger partial charge in [-0.1, -0.05) is 23.7 Å². The molecule has 1 amide bonds. The SMILES string of the molecule is Cc1cc2c(c(C)c1Cl)C(=O)CC1(CCN(C(=O)/C=C/c3ccc(F)cc3)CC1)O2. The van der Waals surface area contributed by atoms with Gasteiger partial charge in [0.05, 0.1) is 12.0 Å². The first-order valence-electron chi connectivity index (χ1n) is 10.0. The van der Waals surface area contributed by atoms with Crippen molar-refractivity contribution >= 4 is 29.4 Å². The number of carbonyl (C=O) groups is 2. The van der Waals surface area contributed by atoms with Crippen molar-refractivity contribution in [3.05, 3.63) is 69.5 Å². The lowest BCUT2D eigenvalue weighted by atomic mass is 9.81. The topological polar surface area (TPSA) is 46.6 Å². The summed E-state index contributed by atoms with van der Waals surface area (Å²) in [5, 5.41) is 0.606. The van der Waals surface area contributed by atoms with Gasteiger partial charge in [-0.25, -0.2) is 4.39 Å². The van der Waals surface area contributed by atoms with Crippen molar-refractivity contribution in [2.24, 2.45) is 0 Å². The van der Waals surface area contributed by atoms with E-state index in [0.29, 0.717) is 48.7 Å². The zero-order valence-corrected chi connectivity index (χ0v) is 17.8. The van der Waals surface area contributed by atoms with Crippen molar-refractivity contribution in [3.63, 3.8) is 0 Å². The molecule has 0 radical (unpaired) electrons. The second kappa shape index (κ2) is 7.88. The molecule has 1 spiro atoms. The standard InChI is InChI=1S/C24H23ClFNO3/c1-15-13-20-22(16(2)23(15)25)19(28)14-24(30-20)9-11-27(12-10-24)21(29)8-5-17-3-6-18(26)7-4-17/h3-8,13H,9-12,14H2,1-2H3/b8-5+. The maximum atomic E-state index is 13.0. The number of hydrogen-bond donors (Lipinski definition) is 0. The fourth-order valence-corrected chi connectivity index (χ4v) is 4.41. The van der Waals surface area contributed by atoms with Crippen LogP contribution in [0, 0.1) is 19.7 Å². The van der Waals surface area contributed by atoms with E-state index in [0.717, 1.165) is 16.7 Å². The van der Waals surface area contributed by atoms with E-state index in [1.807, 2.05) is 19.9 Å². The van der Waals surface area contributed by atoms with Gasteiger partial charge in [-0.3, -0.25) is 9.59 Å². The summed E-state index contributed by atoms with van der Waals surface area (Å²) >= 11 is 6.32. The number of hydrogen-bond acceptors (Lipinski definition) is 3. The molecule has 1 fully saturated rings. The summed E-state index contributed by atoms with van der Waals surface area (Å²) in [5.41, 5.74) is 2.42. The average molecular weight is 428 g/mol. The van der Waals surface area contributed by atoms with Crippen LogP contribution in [-0.2, 0) is 4.79 Å². The zero-order chi connectivity index (χ0) is 21.5. The van der Waals surface area contributed by atoms with Crippen LogP contribution >= 0.6 is 11.6 Å². The second-order valence-electron chi connectivity index (χ2n) is 8.10. The Morgan fingerprint density at radius 3 is 2.53 bits per heavy atom. The summed E-state index contributed by atoms with van der Waals surface area (Å²) in [6.07, 6.45) is 4.66. The van der Waals surface area contributed by atoms with E-state index in [4.69, 9.17) is 16.3 Å². The number of Topliss-reactive ketones (excluding diaryl/α,β-unsaturated/α-hetero) is 1. The number of benzene rings is 2. The summed E-state index contributed by atoms with van der Waals surface area (Å²) in [4.78, 5) is 27.2. The molecule has 0 N–H and O–H groups in total. The first kappa shape index (κ1) is 20.6. The van der Waals surface area contributed by atoms with E-state index in [-0.39, 0.29) is 17.5 Å². The molecule has 4 nitrogen and oxygen atoms in total. The Morgan fingerprint density at radius 2 is 1.87 bits per heavy atom. The largest absolute Gasteiger partial charge is 0.486 e. The summed E-state index contributed by atoms with van der Waals surface area (Å²) in [6, 6.07) is 7.81. The average Bonchev–Trinajstić information content (AvgIpc) is 2.71. The summed E-state index contributed by atoms with van der Waals surface area (Å²) in [6.45, 7) is 4.78. The number of aryl methyl sites for hydroxylation is 1. The molecule has 156 valence electrons. The smallest absolute Gasteiger partial charge is 0.246 e. The van der Waals surface area contributed by atoms with Crippen molar-refractivity contribution in [1.82, 2.24) is 4.90 Å². The number of rotatable bonds is 2. The minimum Gasteiger partial charge on any atom is -0.486 e. The number of ether oxygens (including phenoxy) is 1. The molecule has 2 aromatic carbocycles. The van der Waals surface area contributed by atoms with E-state index in [1.165, 1.54) is 18.2 Å². The maximum absolute atomic E-state index is 13.0. The Kier molecular flexibility index (Phi) is 5.41. The van der Waals surface area contributed by atoms with Crippen molar-refractivity contribution < 1.29 is 18.7 Å². The highest BCUT2D eigenvalue weighted by atomic mass is 35.5. The van der Waals surface area contributed by atoms with Gasteiger partial charge in [-0.2, -0.15) is 0 Å². The van der Waals surface area contributed by atoms with Gasteiger partial charge in [0.25, 0.3) is 0 Å². The Bertz CT molecular complexity index is 1040. The summed E-state index contributed by atoms with van der Waals surface area (Å²) < 4.78 is 19.3. The highest BCUT2D eigenvalue weighted by molar-refractivity contribution is 6.32. The number of carbonyl (C=O) groups excluding carboxylic acids is 2. The number of amides is 1. The van der Waals surface area contributed by atoms with Gasteiger partial charge in [-0.15, -0.1) is 0 Å². The van der Waals surface area contributed by atoms with Crippen molar-refractivity contribution in [1.29, 1.82) is 0 Å². The molecule has 30 heavy (non-hydrogen) atoms. The van der Waals surface area contributed by atoms with Crippen LogP contribution in [-0.4, -0.2) is 35.3 Å². The molecule has 0 unspecified atom stereocenters. The van der Waals surface area contributed by atoms with Crippen molar-refractivity contribution in [3.8, 4) is 5.75 Å². The molecule has 4 rings (SSSR count). The van der Waals surface area contributed by atoms with E-state index in [1.54, 1.807) is 23.1 Å². The van der Waals surface area contributed by atoms with Gasteiger partial charge in [0.1, 0.15) is 17.2 Å². The van der Waals surface area contributed by atoms with Crippen LogP contribution in [0.2, 0.25) is 5.02 Å². The van der Waals surface area contributed by atoms with Gasteiger partial charge in [0.2, 0.25) is 5.91 Å². The molecular weight excluding hydrogens is 405 g/mol. The van der Waals surface area contributed by atoms with Crippen molar-refractivity contribution in [2.45, 2.75) is 38.7 Å². The summed E-state index contributed by atoms with van der Waals surface area (Å²) in [7, 11) is 0. The van der Waals surface area contributed by atoms with Gasteiger partial charge in [0.15, 0.2) is 5.78 Å². The molecule has 0 saturated carbocycles. The van der Waals surface area contributed by atoms with Crippen LogP contribution in [0.15, 0.2) is 36.4 Å². The minimum absolute atomic E-state index is 0.0478. The van der Waals surface area contributed by atoms with E-state index >= 15 is 0 Å². The third-order valence-electron chi connectivity index (χ3n) is 6.01. The minimum atomic E-state index is -0.575. The highest BCUT2D eigenvalue weighted by Gasteiger charge is 2.44. The number of nitrogens with zero attached hydrogens (tertiary/aromatic N) is 1. The number of fused-ring (bicyclic) bond motifs is 1. The molecule has 0 atom stereocenters. The molecule has 2 heterocycles. The maximum Gasteiger partial charge on any atom is 0.246 e. The Morgan fingerprint density at radius 1 is 1.20 bits per heavy atom. The molecule has 2 aliphatic heterocycles. The molecule has 0 aromatic heterocycles. The lowest BCUT2D eigenvalue weighted by molar-refractivity contribution is -0.129. The third kappa shape index (κ3) is 3.86. The quantitative estimate of drug-likeness (QED) is 0.624. The monoisotopic (exact) mass is 427 g/mol. The van der Waals surface area contributed by atoms with E-state index < -0.39 is 5.60 Å². The fraction of sp³-hybridized carbons (Fsp3) is 0.333. The van der Waals surface area contributed by atoms with Gasteiger partial charge >= 0.3 is 0 Å². The highest BCUT2D eigenvalue weighted by Crippen LogP contribution is 2.43. The van der Waals surface area contributed by atoms with Crippen LogP contribution in [0.3, 0.4) is 0 Å². The van der Waals surface area contributed by atoms with Crippen LogP contribution in [0.5, 0.6) is 5.75 Å². The Hall–Kier alpha value is -2.66. The molecule has 2 aromatic rings. The van der Waals surface area contributed by atoms with Gasteiger partial charge in [0, 0.05) is 37.0 Å². The van der Waals surface area contributed by atoms with E-state index in [2.05, 4.69) is 0 Å². The van der Waals surface area contributed by atoms with Crippen LogP contribution in [0.25, 0.3) is 6.08 Å². The Labute approximate surface area is 180 Å². The zero-order valence-electron chi connectivity index (χ0n) is 17.0. The lowest BCUT2D eigenvalue weighted by Crippen LogP contribution is -2.52. The number of halogens is 2. The first-order chi connectivity index (χ1) is 14.3. The van der Waals surface area contributed by atoms with Crippen LogP contribution in [0.1, 0.15) is 46.3 Å². The normalized spacial score (nSPS) is 17.9. The fourth-order valence-electron chi connectivity index (χ4n) is 4.26. The van der Waals surface area contributed by atoms with Crippen LogP contribution < -0.4 is 4.74 Å². The number of ketones is 1. The van der Waals surface area contributed by atoms with Crippen LogP contribution in [0.4, 0.5) is 4.39 Å². The molecule has 0 bridgehead atoms.